The van der Waals surface area contributed by atoms with E-state index in [0.717, 1.165) is 29.9 Å². The van der Waals surface area contributed by atoms with E-state index in [1.54, 1.807) is 7.11 Å². The second-order valence-electron chi connectivity index (χ2n) is 7.17. The first-order chi connectivity index (χ1) is 10.8. The number of hydrogen-bond donors (Lipinski definition) is 2. The molecule has 23 heavy (non-hydrogen) atoms. The van der Waals surface area contributed by atoms with Crippen molar-refractivity contribution in [2.75, 3.05) is 20.3 Å². The SMILES string of the molecule is CCC[C@@H](C)NC[C@@H](O)COc1ccc(OC)cc1C(C)(C)C. The number of hydrogen-bond acceptors (Lipinski definition) is 4. The second-order valence-corrected chi connectivity index (χ2v) is 7.17. The molecule has 0 aliphatic carbocycles. The van der Waals surface area contributed by atoms with Gasteiger partial charge in [-0.15, -0.1) is 0 Å². The van der Waals surface area contributed by atoms with Crippen LogP contribution < -0.4 is 14.8 Å². The van der Waals surface area contributed by atoms with Crippen molar-refractivity contribution in [2.45, 2.75) is 65.0 Å². The molecule has 1 aromatic carbocycles. The third kappa shape index (κ3) is 6.80. The highest BCUT2D eigenvalue weighted by atomic mass is 16.5. The molecule has 0 amide bonds. The second kappa shape index (κ2) is 9.14. The first kappa shape index (κ1) is 19.8. The molecule has 132 valence electrons. The molecule has 0 unspecified atom stereocenters. The lowest BCUT2D eigenvalue weighted by atomic mass is 9.86. The summed E-state index contributed by atoms with van der Waals surface area (Å²) in [5, 5.41) is 13.4. The topological polar surface area (TPSA) is 50.7 Å². The van der Waals surface area contributed by atoms with Gasteiger partial charge >= 0.3 is 0 Å². The maximum atomic E-state index is 10.1. The lowest BCUT2D eigenvalue weighted by Crippen LogP contribution is -2.36. The van der Waals surface area contributed by atoms with Crippen LogP contribution in [0.5, 0.6) is 11.5 Å². The average molecular weight is 323 g/mol. The Morgan fingerprint density at radius 1 is 1.26 bits per heavy atom. The minimum atomic E-state index is -0.524. The van der Waals surface area contributed by atoms with Gasteiger partial charge in [0.15, 0.2) is 0 Å². The summed E-state index contributed by atoms with van der Waals surface area (Å²) in [5.74, 6) is 1.62. The molecule has 0 spiro atoms. The Morgan fingerprint density at radius 2 is 1.96 bits per heavy atom. The number of ether oxygens (including phenoxy) is 2. The highest BCUT2D eigenvalue weighted by Gasteiger charge is 2.20. The molecule has 0 saturated heterocycles. The zero-order chi connectivity index (χ0) is 17.5. The number of nitrogens with one attached hydrogen (secondary N) is 1. The molecule has 2 atom stereocenters. The summed E-state index contributed by atoms with van der Waals surface area (Å²) in [5.41, 5.74) is 1.03. The zero-order valence-electron chi connectivity index (χ0n) is 15.5. The molecular weight excluding hydrogens is 290 g/mol. The predicted octanol–water partition coefficient (Wildman–Crippen LogP) is 3.51. The van der Waals surface area contributed by atoms with Crippen LogP contribution in [0, 0.1) is 0 Å². The fourth-order valence-electron chi connectivity index (χ4n) is 2.47. The van der Waals surface area contributed by atoms with E-state index in [1.165, 1.54) is 0 Å². The maximum absolute atomic E-state index is 10.1. The van der Waals surface area contributed by atoms with E-state index in [9.17, 15) is 5.11 Å². The fourth-order valence-corrected chi connectivity index (χ4v) is 2.47. The molecule has 0 heterocycles. The summed E-state index contributed by atoms with van der Waals surface area (Å²) >= 11 is 0. The van der Waals surface area contributed by atoms with E-state index in [2.05, 4.69) is 39.9 Å². The van der Waals surface area contributed by atoms with Crippen LogP contribution in [0.15, 0.2) is 18.2 Å². The van der Waals surface area contributed by atoms with Gasteiger partial charge in [0.1, 0.15) is 24.2 Å². The highest BCUT2D eigenvalue weighted by Crippen LogP contribution is 2.34. The van der Waals surface area contributed by atoms with Crippen LogP contribution in [-0.4, -0.2) is 37.5 Å². The summed E-state index contributed by atoms with van der Waals surface area (Å²) in [4.78, 5) is 0. The molecule has 0 saturated carbocycles. The third-order valence-corrected chi connectivity index (χ3v) is 3.85. The lowest BCUT2D eigenvalue weighted by Gasteiger charge is -2.24. The van der Waals surface area contributed by atoms with Gasteiger partial charge in [-0.05, 0) is 37.0 Å². The number of benzene rings is 1. The van der Waals surface area contributed by atoms with Gasteiger partial charge in [0.2, 0.25) is 0 Å². The summed E-state index contributed by atoms with van der Waals surface area (Å²) in [6, 6.07) is 6.22. The van der Waals surface area contributed by atoms with Crippen molar-refractivity contribution in [3.05, 3.63) is 23.8 Å². The number of aliphatic hydroxyl groups is 1. The molecule has 2 N–H and O–H groups in total. The van der Waals surface area contributed by atoms with Crippen LogP contribution in [0.2, 0.25) is 0 Å². The van der Waals surface area contributed by atoms with E-state index < -0.39 is 6.10 Å². The van der Waals surface area contributed by atoms with E-state index in [-0.39, 0.29) is 12.0 Å². The fraction of sp³-hybridized carbons (Fsp3) is 0.684. The molecule has 0 bridgehead atoms. The van der Waals surface area contributed by atoms with Crippen LogP contribution in [0.1, 0.15) is 53.0 Å². The Morgan fingerprint density at radius 3 is 2.52 bits per heavy atom. The Hall–Kier alpha value is -1.26. The molecule has 0 radical (unpaired) electrons. The van der Waals surface area contributed by atoms with E-state index in [0.29, 0.717) is 12.6 Å². The zero-order valence-corrected chi connectivity index (χ0v) is 15.5. The Kier molecular flexibility index (Phi) is 7.86. The Labute approximate surface area is 141 Å². The minimum Gasteiger partial charge on any atom is -0.497 e. The number of methoxy groups -OCH3 is 1. The van der Waals surface area contributed by atoms with Crippen LogP contribution >= 0.6 is 0 Å². The van der Waals surface area contributed by atoms with E-state index >= 15 is 0 Å². The van der Waals surface area contributed by atoms with Crippen molar-refractivity contribution in [3.63, 3.8) is 0 Å². The monoisotopic (exact) mass is 323 g/mol. The molecule has 1 aromatic rings. The average Bonchev–Trinajstić information content (AvgIpc) is 2.50. The predicted molar refractivity (Wildman–Crippen MR) is 95.6 cm³/mol. The summed E-state index contributed by atoms with van der Waals surface area (Å²) in [6.45, 7) is 11.5. The van der Waals surface area contributed by atoms with Gasteiger partial charge in [0, 0.05) is 18.2 Å². The largest absolute Gasteiger partial charge is 0.497 e. The quantitative estimate of drug-likeness (QED) is 0.730. The van der Waals surface area contributed by atoms with E-state index in [1.807, 2.05) is 18.2 Å². The van der Waals surface area contributed by atoms with Gasteiger partial charge in [-0.2, -0.15) is 0 Å². The van der Waals surface area contributed by atoms with Crippen LogP contribution in [0.3, 0.4) is 0 Å². The van der Waals surface area contributed by atoms with Crippen molar-refractivity contribution in [2.24, 2.45) is 0 Å². The van der Waals surface area contributed by atoms with Crippen LogP contribution in [-0.2, 0) is 5.41 Å². The number of rotatable bonds is 9. The Balaban J connectivity index is 2.63. The highest BCUT2D eigenvalue weighted by molar-refractivity contribution is 5.44. The van der Waals surface area contributed by atoms with Crippen molar-refractivity contribution in [1.82, 2.24) is 5.32 Å². The Bertz CT molecular complexity index is 468. The van der Waals surface area contributed by atoms with Gasteiger partial charge < -0.3 is 19.9 Å². The first-order valence-electron chi connectivity index (χ1n) is 8.50. The van der Waals surface area contributed by atoms with Crippen molar-refractivity contribution < 1.29 is 14.6 Å². The molecular formula is C19H33NO3. The molecule has 0 aliphatic rings. The summed E-state index contributed by atoms with van der Waals surface area (Å²) in [7, 11) is 1.66. The van der Waals surface area contributed by atoms with Crippen LogP contribution in [0.25, 0.3) is 0 Å². The summed E-state index contributed by atoms with van der Waals surface area (Å²) < 4.78 is 11.2. The van der Waals surface area contributed by atoms with Gasteiger partial charge in [-0.1, -0.05) is 34.1 Å². The maximum Gasteiger partial charge on any atom is 0.123 e. The van der Waals surface area contributed by atoms with Gasteiger partial charge in [0.05, 0.1) is 7.11 Å². The molecule has 0 aromatic heterocycles. The molecule has 0 fully saturated rings. The van der Waals surface area contributed by atoms with Crippen LogP contribution in [0.4, 0.5) is 0 Å². The van der Waals surface area contributed by atoms with E-state index in [4.69, 9.17) is 9.47 Å². The van der Waals surface area contributed by atoms with Gasteiger partial charge in [-0.25, -0.2) is 0 Å². The normalized spacial score (nSPS) is 14.4. The molecule has 4 heteroatoms. The van der Waals surface area contributed by atoms with Gasteiger partial charge in [0.25, 0.3) is 0 Å². The molecule has 0 aliphatic heterocycles. The molecule has 1 rings (SSSR count). The summed E-state index contributed by atoms with van der Waals surface area (Å²) in [6.07, 6.45) is 1.73. The lowest BCUT2D eigenvalue weighted by molar-refractivity contribution is 0.103. The van der Waals surface area contributed by atoms with Crippen molar-refractivity contribution >= 4 is 0 Å². The van der Waals surface area contributed by atoms with Gasteiger partial charge in [-0.3, -0.25) is 0 Å². The third-order valence-electron chi connectivity index (χ3n) is 3.85. The number of aliphatic hydroxyl groups excluding tert-OH is 1. The smallest absolute Gasteiger partial charge is 0.123 e. The minimum absolute atomic E-state index is 0.0529. The van der Waals surface area contributed by atoms with Crippen molar-refractivity contribution in [1.29, 1.82) is 0 Å². The van der Waals surface area contributed by atoms with Crippen molar-refractivity contribution in [3.8, 4) is 11.5 Å². The molecule has 4 nitrogen and oxygen atoms in total. The first-order valence-corrected chi connectivity index (χ1v) is 8.50. The standard InChI is InChI=1S/C19H33NO3/c1-7-8-14(2)20-12-15(21)13-23-18-10-9-16(22-6)11-17(18)19(3,4)5/h9-11,14-15,20-21H,7-8,12-13H2,1-6H3/t14-,15-/m1/s1.